The molecule has 1 aliphatic carbocycles. The summed E-state index contributed by atoms with van der Waals surface area (Å²) in [6.07, 6.45) is 5.39. The average molecular weight is 170 g/mol. The minimum Gasteiger partial charge on any atom is -0.464 e. The van der Waals surface area contributed by atoms with Crippen LogP contribution < -0.4 is 0 Å². The zero-order valence-electron chi connectivity index (χ0n) is 7.25. The predicted molar refractivity (Wildman–Crippen MR) is 44.6 cm³/mol. The van der Waals surface area contributed by atoms with Crippen molar-refractivity contribution in [1.29, 1.82) is 0 Å². The number of esters is 1. The first-order valence-corrected chi connectivity index (χ1v) is 4.23. The van der Waals surface area contributed by atoms with Crippen molar-refractivity contribution in [2.75, 3.05) is 6.61 Å². The second-order valence-corrected chi connectivity index (χ2v) is 2.97. The molecule has 0 aromatic carbocycles. The van der Waals surface area contributed by atoms with E-state index in [9.17, 15) is 9.90 Å². The van der Waals surface area contributed by atoms with E-state index in [2.05, 4.69) is 0 Å². The van der Waals surface area contributed by atoms with Crippen molar-refractivity contribution >= 4 is 5.97 Å². The molecular formula is C9H14O3. The number of carbonyl (C=O) groups excluding carboxylic acids is 1. The third kappa shape index (κ3) is 1.85. The number of hydrogen-bond donors (Lipinski definition) is 1. The maximum absolute atomic E-state index is 11.2. The van der Waals surface area contributed by atoms with Gasteiger partial charge in [-0.3, -0.25) is 0 Å². The van der Waals surface area contributed by atoms with E-state index in [4.69, 9.17) is 4.74 Å². The number of rotatable bonds is 2. The molecule has 0 spiro atoms. The summed E-state index contributed by atoms with van der Waals surface area (Å²) in [6, 6.07) is 0. The van der Waals surface area contributed by atoms with E-state index in [0.29, 0.717) is 19.4 Å². The summed E-state index contributed by atoms with van der Waals surface area (Å²) in [7, 11) is 0. The first-order valence-electron chi connectivity index (χ1n) is 4.23. The van der Waals surface area contributed by atoms with Gasteiger partial charge in [0.15, 0.2) is 5.60 Å². The molecule has 0 heterocycles. The summed E-state index contributed by atoms with van der Waals surface area (Å²) in [5, 5.41) is 9.75. The van der Waals surface area contributed by atoms with Gasteiger partial charge in [0.2, 0.25) is 0 Å². The van der Waals surface area contributed by atoms with Crippen molar-refractivity contribution in [2.45, 2.75) is 31.8 Å². The summed E-state index contributed by atoms with van der Waals surface area (Å²) >= 11 is 0. The fourth-order valence-electron chi connectivity index (χ4n) is 1.27. The van der Waals surface area contributed by atoms with Crippen LogP contribution in [0.5, 0.6) is 0 Å². The number of allylic oxidation sites excluding steroid dienone is 1. The summed E-state index contributed by atoms with van der Waals surface area (Å²) in [4.78, 5) is 11.2. The van der Waals surface area contributed by atoms with Crippen LogP contribution in [0.25, 0.3) is 0 Å². The van der Waals surface area contributed by atoms with Crippen LogP contribution in [0.15, 0.2) is 12.2 Å². The lowest BCUT2D eigenvalue weighted by Gasteiger charge is -2.26. The van der Waals surface area contributed by atoms with Gasteiger partial charge in [0.25, 0.3) is 0 Å². The van der Waals surface area contributed by atoms with Gasteiger partial charge >= 0.3 is 5.97 Å². The van der Waals surface area contributed by atoms with Crippen LogP contribution in [-0.2, 0) is 9.53 Å². The molecule has 0 saturated heterocycles. The van der Waals surface area contributed by atoms with Crippen LogP contribution in [0, 0.1) is 0 Å². The largest absolute Gasteiger partial charge is 0.464 e. The molecule has 1 rings (SSSR count). The van der Waals surface area contributed by atoms with Gasteiger partial charge < -0.3 is 9.84 Å². The minimum atomic E-state index is -1.26. The summed E-state index contributed by atoms with van der Waals surface area (Å²) < 4.78 is 4.76. The lowest BCUT2D eigenvalue weighted by molar-refractivity contribution is -0.165. The third-order valence-electron chi connectivity index (χ3n) is 2.00. The molecule has 1 N–H and O–H groups in total. The first kappa shape index (κ1) is 9.26. The summed E-state index contributed by atoms with van der Waals surface area (Å²) in [6.45, 7) is 2.06. The molecule has 0 fully saturated rings. The second-order valence-electron chi connectivity index (χ2n) is 2.97. The minimum absolute atomic E-state index is 0.324. The Morgan fingerprint density at radius 3 is 2.92 bits per heavy atom. The van der Waals surface area contributed by atoms with Crippen LogP contribution in [0.1, 0.15) is 26.2 Å². The Hall–Kier alpha value is -0.830. The molecular weight excluding hydrogens is 156 g/mol. The molecule has 3 nitrogen and oxygen atoms in total. The monoisotopic (exact) mass is 170 g/mol. The van der Waals surface area contributed by atoms with Gasteiger partial charge in [-0.15, -0.1) is 0 Å². The SMILES string of the molecule is CCOC(=O)C1(O)CC=CCC1. The Bertz CT molecular complexity index is 198. The van der Waals surface area contributed by atoms with E-state index in [1.165, 1.54) is 0 Å². The van der Waals surface area contributed by atoms with Crippen molar-refractivity contribution in [1.82, 2.24) is 0 Å². The lowest BCUT2D eigenvalue weighted by atomic mass is 9.89. The quantitative estimate of drug-likeness (QED) is 0.497. The lowest BCUT2D eigenvalue weighted by Crippen LogP contribution is -2.40. The fraction of sp³-hybridized carbons (Fsp3) is 0.667. The molecule has 1 aliphatic rings. The maximum atomic E-state index is 11.2. The average Bonchev–Trinajstić information content (AvgIpc) is 2.06. The first-order chi connectivity index (χ1) is 5.69. The fourth-order valence-corrected chi connectivity index (χ4v) is 1.27. The topological polar surface area (TPSA) is 46.5 Å². The number of ether oxygens (including phenoxy) is 1. The Kier molecular flexibility index (Phi) is 2.87. The Labute approximate surface area is 72.0 Å². The second kappa shape index (κ2) is 3.72. The highest BCUT2D eigenvalue weighted by Gasteiger charge is 2.36. The molecule has 0 saturated carbocycles. The number of aliphatic hydroxyl groups is 1. The zero-order valence-corrected chi connectivity index (χ0v) is 7.25. The van der Waals surface area contributed by atoms with Crippen LogP contribution in [0.2, 0.25) is 0 Å². The molecule has 68 valence electrons. The molecule has 1 atom stereocenters. The van der Waals surface area contributed by atoms with Crippen molar-refractivity contribution < 1.29 is 14.6 Å². The molecule has 0 amide bonds. The summed E-state index contributed by atoms with van der Waals surface area (Å²) in [5.41, 5.74) is -1.26. The smallest absolute Gasteiger partial charge is 0.338 e. The van der Waals surface area contributed by atoms with E-state index in [1.54, 1.807) is 6.92 Å². The van der Waals surface area contributed by atoms with E-state index >= 15 is 0 Å². The van der Waals surface area contributed by atoms with Crippen LogP contribution >= 0.6 is 0 Å². The zero-order chi connectivity index (χ0) is 9.03. The Morgan fingerprint density at radius 1 is 1.67 bits per heavy atom. The molecule has 12 heavy (non-hydrogen) atoms. The van der Waals surface area contributed by atoms with E-state index < -0.39 is 11.6 Å². The van der Waals surface area contributed by atoms with Gasteiger partial charge in [-0.1, -0.05) is 12.2 Å². The Balaban J connectivity index is 2.58. The van der Waals surface area contributed by atoms with Gasteiger partial charge in [-0.05, 0) is 19.8 Å². The molecule has 1 unspecified atom stereocenters. The van der Waals surface area contributed by atoms with Crippen LogP contribution in [-0.4, -0.2) is 23.3 Å². The van der Waals surface area contributed by atoms with Crippen molar-refractivity contribution in [2.24, 2.45) is 0 Å². The van der Waals surface area contributed by atoms with Crippen LogP contribution in [0.4, 0.5) is 0 Å². The van der Waals surface area contributed by atoms with Crippen molar-refractivity contribution in [3.8, 4) is 0 Å². The van der Waals surface area contributed by atoms with Crippen molar-refractivity contribution in [3.63, 3.8) is 0 Å². The third-order valence-corrected chi connectivity index (χ3v) is 2.00. The van der Waals surface area contributed by atoms with Gasteiger partial charge in [-0.2, -0.15) is 0 Å². The number of hydrogen-bond acceptors (Lipinski definition) is 3. The maximum Gasteiger partial charge on any atom is 0.338 e. The molecule has 0 bridgehead atoms. The molecule has 0 aromatic rings. The van der Waals surface area contributed by atoms with Gasteiger partial charge in [0, 0.05) is 6.42 Å². The molecule has 0 radical (unpaired) electrons. The standard InChI is InChI=1S/C9H14O3/c1-2-12-8(10)9(11)6-4-3-5-7-9/h3-4,11H,2,5-7H2,1H3. The van der Waals surface area contributed by atoms with Gasteiger partial charge in [0.1, 0.15) is 0 Å². The number of carbonyl (C=O) groups is 1. The molecule has 3 heteroatoms. The normalized spacial score (nSPS) is 28.5. The van der Waals surface area contributed by atoms with Crippen LogP contribution in [0.3, 0.4) is 0 Å². The highest BCUT2D eigenvalue weighted by atomic mass is 16.5. The highest BCUT2D eigenvalue weighted by molar-refractivity contribution is 5.79. The van der Waals surface area contributed by atoms with Gasteiger partial charge in [0.05, 0.1) is 6.61 Å². The van der Waals surface area contributed by atoms with E-state index in [0.717, 1.165) is 6.42 Å². The van der Waals surface area contributed by atoms with Crippen molar-refractivity contribution in [3.05, 3.63) is 12.2 Å². The molecule has 0 aromatic heterocycles. The summed E-state index contributed by atoms with van der Waals surface area (Å²) in [5.74, 6) is -0.491. The van der Waals surface area contributed by atoms with E-state index in [-0.39, 0.29) is 0 Å². The van der Waals surface area contributed by atoms with Gasteiger partial charge in [-0.25, -0.2) is 4.79 Å². The Morgan fingerprint density at radius 2 is 2.42 bits per heavy atom. The predicted octanol–water partition coefficient (Wildman–Crippen LogP) is 1.02. The van der Waals surface area contributed by atoms with E-state index in [1.807, 2.05) is 12.2 Å². The molecule has 0 aliphatic heterocycles. The highest BCUT2D eigenvalue weighted by Crippen LogP contribution is 2.24.